The van der Waals surface area contributed by atoms with Gasteiger partial charge >= 0.3 is 0 Å². The Kier molecular flexibility index (Phi) is 6.54. The van der Waals surface area contributed by atoms with Crippen LogP contribution in [0.3, 0.4) is 0 Å². The summed E-state index contributed by atoms with van der Waals surface area (Å²) in [4.78, 5) is 0. The van der Waals surface area contributed by atoms with Gasteiger partial charge in [-0.05, 0) is 31.5 Å². The van der Waals surface area contributed by atoms with Crippen molar-refractivity contribution >= 4 is 0 Å². The lowest BCUT2D eigenvalue weighted by molar-refractivity contribution is 0.389. The van der Waals surface area contributed by atoms with Crippen molar-refractivity contribution in [2.75, 3.05) is 27.3 Å². The zero-order chi connectivity index (χ0) is 13.4. The fraction of sp³-hybridized carbons (Fsp3) is 0.571. The van der Waals surface area contributed by atoms with Crippen LogP contribution in [0.25, 0.3) is 0 Å². The van der Waals surface area contributed by atoms with Crippen LogP contribution in [0.2, 0.25) is 0 Å². The summed E-state index contributed by atoms with van der Waals surface area (Å²) in [5.41, 5.74) is 6.72. The van der Waals surface area contributed by atoms with Crippen LogP contribution in [0, 0.1) is 5.92 Å². The van der Waals surface area contributed by atoms with Gasteiger partial charge in [0.1, 0.15) is 11.5 Å². The molecule has 1 unspecified atom stereocenters. The van der Waals surface area contributed by atoms with Gasteiger partial charge in [0.05, 0.1) is 14.2 Å². The van der Waals surface area contributed by atoms with Gasteiger partial charge in [0.25, 0.3) is 0 Å². The molecule has 0 heterocycles. The van der Waals surface area contributed by atoms with Gasteiger partial charge in [0.2, 0.25) is 0 Å². The molecule has 4 nitrogen and oxygen atoms in total. The second-order valence-electron chi connectivity index (χ2n) is 4.48. The zero-order valence-electron chi connectivity index (χ0n) is 11.5. The van der Waals surface area contributed by atoms with Crippen molar-refractivity contribution in [1.29, 1.82) is 0 Å². The summed E-state index contributed by atoms with van der Waals surface area (Å²) in [6, 6.07) is 5.87. The number of rotatable bonds is 8. The highest BCUT2D eigenvalue weighted by Gasteiger charge is 2.05. The molecule has 1 rings (SSSR count). The Morgan fingerprint density at radius 3 is 2.67 bits per heavy atom. The van der Waals surface area contributed by atoms with Crippen molar-refractivity contribution < 1.29 is 9.47 Å². The normalized spacial score (nSPS) is 12.2. The van der Waals surface area contributed by atoms with E-state index in [0.29, 0.717) is 5.92 Å². The van der Waals surface area contributed by atoms with Gasteiger partial charge in [0.15, 0.2) is 0 Å². The fourth-order valence-corrected chi connectivity index (χ4v) is 1.69. The van der Waals surface area contributed by atoms with Crippen LogP contribution in [0.1, 0.15) is 18.9 Å². The standard InChI is InChI=1S/C14H24N2O2/c1-11(9-15)6-7-16-10-12-4-5-13(17-2)8-14(12)18-3/h4-5,8,11,16H,6-7,9-10,15H2,1-3H3. The number of ether oxygens (including phenoxy) is 2. The SMILES string of the molecule is COc1ccc(CNCCC(C)CN)c(OC)c1. The van der Waals surface area contributed by atoms with Gasteiger partial charge in [-0.1, -0.05) is 13.0 Å². The average molecular weight is 252 g/mol. The van der Waals surface area contributed by atoms with Gasteiger partial charge in [-0.3, -0.25) is 0 Å². The maximum absolute atomic E-state index is 5.58. The van der Waals surface area contributed by atoms with Gasteiger partial charge in [-0.2, -0.15) is 0 Å². The number of nitrogens with two attached hydrogens (primary N) is 1. The molecule has 0 radical (unpaired) electrons. The molecule has 0 aliphatic heterocycles. The molecule has 0 aliphatic rings. The molecule has 0 aromatic heterocycles. The van der Waals surface area contributed by atoms with Crippen molar-refractivity contribution in [2.45, 2.75) is 19.9 Å². The lowest BCUT2D eigenvalue weighted by Crippen LogP contribution is -2.20. The highest BCUT2D eigenvalue weighted by Crippen LogP contribution is 2.24. The Morgan fingerprint density at radius 1 is 1.28 bits per heavy atom. The van der Waals surface area contributed by atoms with E-state index in [9.17, 15) is 0 Å². The largest absolute Gasteiger partial charge is 0.497 e. The lowest BCUT2D eigenvalue weighted by Gasteiger charge is -2.12. The minimum atomic E-state index is 0.565. The molecule has 0 fully saturated rings. The molecular formula is C14H24N2O2. The van der Waals surface area contributed by atoms with Crippen LogP contribution >= 0.6 is 0 Å². The van der Waals surface area contributed by atoms with E-state index in [1.54, 1.807) is 14.2 Å². The zero-order valence-corrected chi connectivity index (χ0v) is 11.5. The minimum absolute atomic E-state index is 0.565. The van der Waals surface area contributed by atoms with Crippen LogP contribution in [-0.4, -0.2) is 27.3 Å². The second-order valence-corrected chi connectivity index (χ2v) is 4.48. The summed E-state index contributed by atoms with van der Waals surface area (Å²) >= 11 is 0. The molecular weight excluding hydrogens is 228 g/mol. The van der Waals surface area contributed by atoms with Crippen molar-refractivity contribution in [2.24, 2.45) is 11.7 Å². The second kappa shape index (κ2) is 7.95. The Balaban J connectivity index is 2.46. The van der Waals surface area contributed by atoms with E-state index in [-0.39, 0.29) is 0 Å². The van der Waals surface area contributed by atoms with E-state index in [2.05, 4.69) is 12.2 Å². The summed E-state index contributed by atoms with van der Waals surface area (Å²) in [5, 5.41) is 3.40. The van der Waals surface area contributed by atoms with Gasteiger partial charge in [-0.15, -0.1) is 0 Å². The summed E-state index contributed by atoms with van der Waals surface area (Å²) in [6.45, 7) is 4.67. The first-order chi connectivity index (χ1) is 8.71. The van der Waals surface area contributed by atoms with E-state index in [0.717, 1.165) is 43.1 Å². The summed E-state index contributed by atoms with van der Waals surface area (Å²) in [6.07, 6.45) is 1.09. The van der Waals surface area contributed by atoms with Crippen LogP contribution in [-0.2, 0) is 6.54 Å². The first kappa shape index (κ1) is 14.8. The molecule has 0 saturated heterocycles. The molecule has 1 aromatic carbocycles. The molecule has 0 spiro atoms. The third-order valence-corrected chi connectivity index (χ3v) is 3.03. The first-order valence-corrected chi connectivity index (χ1v) is 6.33. The van der Waals surface area contributed by atoms with Crippen LogP contribution in [0.5, 0.6) is 11.5 Å². The van der Waals surface area contributed by atoms with Crippen LogP contribution < -0.4 is 20.5 Å². The number of nitrogens with one attached hydrogen (secondary N) is 1. The van der Waals surface area contributed by atoms with Crippen LogP contribution in [0.4, 0.5) is 0 Å². The molecule has 4 heteroatoms. The lowest BCUT2D eigenvalue weighted by atomic mass is 10.1. The number of methoxy groups -OCH3 is 2. The van der Waals surface area contributed by atoms with Gasteiger partial charge in [0, 0.05) is 18.2 Å². The maximum atomic E-state index is 5.58. The predicted molar refractivity (Wildman–Crippen MR) is 74.1 cm³/mol. The van der Waals surface area contributed by atoms with E-state index < -0.39 is 0 Å². The molecule has 1 aromatic rings. The highest BCUT2D eigenvalue weighted by atomic mass is 16.5. The van der Waals surface area contributed by atoms with Crippen molar-refractivity contribution in [3.63, 3.8) is 0 Å². The first-order valence-electron chi connectivity index (χ1n) is 6.33. The average Bonchev–Trinajstić information content (AvgIpc) is 2.43. The fourth-order valence-electron chi connectivity index (χ4n) is 1.69. The Hall–Kier alpha value is -1.26. The smallest absolute Gasteiger partial charge is 0.127 e. The van der Waals surface area contributed by atoms with E-state index >= 15 is 0 Å². The molecule has 0 aliphatic carbocycles. The third kappa shape index (κ3) is 4.55. The maximum Gasteiger partial charge on any atom is 0.127 e. The molecule has 0 amide bonds. The molecule has 3 N–H and O–H groups in total. The summed E-state index contributed by atoms with van der Waals surface area (Å²) in [5.74, 6) is 2.23. The number of hydrogen-bond acceptors (Lipinski definition) is 4. The number of benzene rings is 1. The van der Waals surface area contributed by atoms with Crippen molar-refractivity contribution in [1.82, 2.24) is 5.32 Å². The van der Waals surface area contributed by atoms with Crippen LogP contribution in [0.15, 0.2) is 18.2 Å². The van der Waals surface area contributed by atoms with Crippen molar-refractivity contribution in [3.8, 4) is 11.5 Å². The minimum Gasteiger partial charge on any atom is -0.497 e. The molecule has 18 heavy (non-hydrogen) atoms. The van der Waals surface area contributed by atoms with E-state index in [1.165, 1.54) is 0 Å². The molecule has 0 bridgehead atoms. The molecule has 102 valence electrons. The van der Waals surface area contributed by atoms with E-state index in [4.69, 9.17) is 15.2 Å². The topological polar surface area (TPSA) is 56.5 Å². The molecule has 0 saturated carbocycles. The Labute approximate surface area is 109 Å². The Bertz CT molecular complexity index is 356. The van der Waals surface area contributed by atoms with Gasteiger partial charge in [-0.25, -0.2) is 0 Å². The number of hydrogen-bond donors (Lipinski definition) is 2. The van der Waals surface area contributed by atoms with Gasteiger partial charge < -0.3 is 20.5 Å². The predicted octanol–water partition coefficient (Wildman–Crippen LogP) is 1.78. The molecule has 1 atom stereocenters. The van der Waals surface area contributed by atoms with Crippen molar-refractivity contribution in [3.05, 3.63) is 23.8 Å². The quantitative estimate of drug-likeness (QED) is 0.692. The highest BCUT2D eigenvalue weighted by molar-refractivity contribution is 5.40. The Morgan fingerprint density at radius 2 is 2.06 bits per heavy atom. The van der Waals surface area contributed by atoms with E-state index in [1.807, 2.05) is 18.2 Å². The monoisotopic (exact) mass is 252 g/mol. The third-order valence-electron chi connectivity index (χ3n) is 3.03. The summed E-state index contributed by atoms with van der Waals surface area (Å²) in [7, 11) is 3.33. The summed E-state index contributed by atoms with van der Waals surface area (Å²) < 4.78 is 10.5.